The lowest BCUT2D eigenvalue weighted by molar-refractivity contribution is -0.314. The van der Waals surface area contributed by atoms with Crippen LogP contribution in [0.2, 0.25) is 5.02 Å². The van der Waals surface area contributed by atoms with Gasteiger partial charge in [-0.25, -0.2) is 0 Å². The largest absolute Gasteiger partial charge is 0.550 e. The molecule has 146 valence electrons. The van der Waals surface area contributed by atoms with Crippen molar-refractivity contribution >= 4 is 29.4 Å². The van der Waals surface area contributed by atoms with Crippen molar-refractivity contribution in [3.05, 3.63) is 28.8 Å². The number of hydrazine groups is 1. The summed E-state index contributed by atoms with van der Waals surface area (Å²) >= 11 is 5.90. The first kappa shape index (κ1) is 19.5. The molecule has 2 N–H and O–H groups in total. The summed E-state index contributed by atoms with van der Waals surface area (Å²) in [5, 5.41) is 12.0. The first-order valence-electron chi connectivity index (χ1n) is 9.01. The van der Waals surface area contributed by atoms with Gasteiger partial charge in [0.05, 0.1) is 5.92 Å². The van der Waals surface area contributed by atoms with Crippen LogP contribution in [-0.2, 0) is 14.4 Å². The zero-order chi connectivity index (χ0) is 19.7. The number of aliphatic carboxylic acids is 1. The van der Waals surface area contributed by atoms with Gasteiger partial charge in [0.15, 0.2) is 6.10 Å². The van der Waals surface area contributed by atoms with Gasteiger partial charge in [-0.2, -0.15) is 0 Å². The number of halogens is 1. The Morgan fingerprint density at radius 3 is 2.48 bits per heavy atom. The van der Waals surface area contributed by atoms with Gasteiger partial charge in [-0.05, 0) is 68.7 Å². The molecule has 3 rings (SSSR count). The molecule has 0 aromatic heterocycles. The molecule has 8 heteroatoms. The lowest BCUT2D eigenvalue weighted by atomic mass is 9.79. The minimum atomic E-state index is -1.19. The van der Waals surface area contributed by atoms with E-state index in [0.29, 0.717) is 10.8 Å². The van der Waals surface area contributed by atoms with Gasteiger partial charge in [-0.3, -0.25) is 20.4 Å². The molecule has 2 aliphatic carbocycles. The molecule has 2 fully saturated rings. The van der Waals surface area contributed by atoms with Gasteiger partial charge in [0.2, 0.25) is 5.91 Å². The first-order chi connectivity index (χ1) is 12.8. The highest BCUT2D eigenvalue weighted by Gasteiger charge is 2.51. The molecule has 0 saturated heterocycles. The van der Waals surface area contributed by atoms with Gasteiger partial charge in [-0.1, -0.05) is 11.6 Å². The minimum absolute atomic E-state index is 0.0124. The molecule has 2 aliphatic rings. The fraction of sp³-hybridized carbons (Fsp3) is 0.526. The molecule has 0 heterocycles. The summed E-state index contributed by atoms with van der Waals surface area (Å²) in [6.45, 7) is 3.36. The Morgan fingerprint density at radius 1 is 1.19 bits per heavy atom. The number of carboxylic acid groups (broad SMARTS) is 1. The van der Waals surface area contributed by atoms with E-state index in [4.69, 9.17) is 16.3 Å². The van der Waals surface area contributed by atoms with Gasteiger partial charge >= 0.3 is 0 Å². The Kier molecular flexibility index (Phi) is 5.60. The van der Waals surface area contributed by atoms with E-state index in [1.807, 2.05) is 6.92 Å². The van der Waals surface area contributed by atoms with Crippen molar-refractivity contribution in [3.63, 3.8) is 0 Å². The second kappa shape index (κ2) is 7.76. The molecule has 0 radical (unpaired) electrons. The number of carbonyl (C=O) groups excluding carboxylic acids is 3. The molecule has 1 aromatic carbocycles. The van der Waals surface area contributed by atoms with Crippen molar-refractivity contribution in [2.45, 2.75) is 39.2 Å². The van der Waals surface area contributed by atoms with Crippen LogP contribution in [-0.4, -0.2) is 23.9 Å². The van der Waals surface area contributed by atoms with E-state index in [9.17, 15) is 19.5 Å². The average molecular weight is 394 g/mol. The highest BCUT2D eigenvalue weighted by atomic mass is 35.5. The molecule has 5 atom stereocenters. The standard InChI is InChI=1S/C19H23ClN2O5/c1-9-7-13(20)5-6-14(9)27-10(2)17(23)21-22-18(24)15-11-3-4-12(8-11)16(15)19(25)26/h5-7,10-12,15-16H,3-4,8H2,1-2H3,(H,21,23)(H,22,24)(H,25,26)/p-1/t10-,11-,12-,15-,16-/m0/s1. The number of rotatable bonds is 5. The monoisotopic (exact) mass is 393 g/mol. The van der Waals surface area contributed by atoms with Gasteiger partial charge in [0.25, 0.3) is 5.91 Å². The van der Waals surface area contributed by atoms with Crippen molar-refractivity contribution in [2.75, 3.05) is 0 Å². The summed E-state index contributed by atoms with van der Waals surface area (Å²) in [5.41, 5.74) is 5.46. The van der Waals surface area contributed by atoms with Crippen LogP contribution in [0.25, 0.3) is 0 Å². The highest BCUT2D eigenvalue weighted by molar-refractivity contribution is 6.30. The Labute approximate surface area is 162 Å². The van der Waals surface area contributed by atoms with Crippen LogP contribution in [0, 0.1) is 30.6 Å². The predicted octanol–water partition coefficient (Wildman–Crippen LogP) is 0.975. The summed E-state index contributed by atoms with van der Waals surface area (Å²) in [6, 6.07) is 5.05. The second-order valence-electron chi connectivity index (χ2n) is 7.35. The number of carbonyl (C=O) groups is 3. The van der Waals surface area contributed by atoms with Crippen LogP contribution in [0.1, 0.15) is 31.7 Å². The molecule has 0 spiro atoms. The van der Waals surface area contributed by atoms with E-state index in [2.05, 4.69) is 10.9 Å². The van der Waals surface area contributed by atoms with E-state index in [1.54, 1.807) is 25.1 Å². The van der Waals surface area contributed by atoms with Crippen LogP contribution in [0.4, 0.5) is 0 Å². The highest BCUT2D eigenvalue weighted by Crippen LogP contribution is 2.52. The first-order valence-corrected chi connectivity index (χ1v) is 9.39. The molecule has 2 amide bonds. The van der Waals surface area contributed by atoms with Gasteiger partial charge < -0.3 is 14.6 Å². The Balaban J connectivity index is 1.55. The number of amides is 2. The maximum atomic E-state index is 12.5. The lowest BCUT2D eigenvalue weighted by Gasteiger charge is -2.30. The Bertz CT molecular complexity index is 768. The van der Waals surface area contributed by atoms with Crippen LogP contribution in [0.15, 0.2) is 18.2 Å². The fourth-order valence-corrected chi connectivity index (χ4v) is 4.53. The maximum absolute atomic E-state index is 12.5. The number of aryl methyl sites for hydroxylation is 1. The van der Waals surface area contributed by atoms with Crippen LogP contribution in [0.5, 0.6) is 5.75 Å². The van der Waals surface area contributed by atoms with Crippen molar-refractivity contribution in [3.8, 4) is 5.75 Å². The SMILES string of the molecule is Cc1cc(Cl)ccc1O[C@@H](C)C(=O)NNC(=O)[C@H]1[C@H]2CC[C@@H](C2)[C@@H]1C(=O)[O-]. The Hall–Kier alpha value is -2.28. The zero-order valence-electron chi connectivity index (χ0n) is 15.2. The van der Waals surface area contributed by atoms with Crippen LogP contribution < -0.4 is 20.7 Å². The normalized spacial score (nSPS) is 27.1. The molecule has 7 nitrogen and oxygen atoms in total. The molecule has 2 saturated carbocycles. The van der Waals surface area contributed by atoms with E-state index >= 15 is 0 Å². The average Bonchev–Trinajstić information content (AvgIpc) is 3.22. The molecule has 0 aliphatic heterocycles. The smallest absolute Gasteiger partial charge is 0.279 e. The number of benzene rings is 1. The van der Waals surface area contributed by atoms with Crippen molar-refractivity contribution in [1.29, 1.82) is 0 Å². The third-order valence-electron chi connectivity index (χ3n) is 5.61. The third-order valence-corrected chi connectivity index (χ3v) is 5.85. The summed E-state index contributed by atoms with van der Waals surface area (Å²) in [5.74, 6) is -3.14. The molecule has 2 bridgehead atoms. The number of hydrogen-bond donors (Lipinski definition) is 2. The van der Waals surface area contributed by atoms with E-state index in [0.717, 1.165) is 24.8 Å². The summed E-state index contributed by atoms with van der Waals surface area (Å²) in [7, 11) is 0. The zero-order valence-corrected chi connectivity index (χ0v) is 15.9. The minimum Gasteiger partial charge on any atom is -0.550 e. The molecular formula is C19H22ClN2O5-. The maximum Gasteiger partial charge on any atom is 0.279 e. The van der Waals surface area contributed by atoms with Crippen molar-refractivity contribution in [2.24, 2.45) is 23.7 Å². The van der Waals surface area contributed by atoms with Gasteiger partial charge in [-0.15, -0.1) is 0 Å². The van der Waals surface area contributed by atoms with Crippen molar-refractivity contribution < 1.29 is 24.2 Å². The lowest BCUT2D eigenvalue weighted by Crippen LogP contribution is -2.52. The van der Waals surface area contributed by atoms with Crippen LogP contribution >= 0.6 is 11.6 Å². The summed E-state index contributed by atoms with van der Waals surface area (Å²) in [4.78, 5) is 36.1. The summed E-state index contributed by atoms with van der Waals surface area (Å²) in [6.07, 6.45) is 1.50. The predicted molar refractivity (Wildman–Crippen MR) is 95.4 cm³/mol. The molecular weight excluding hydrogens is 372 g/mol. The molecule has 1 aromatic rings. The van der Waals surface area contributed by atoms with E-state index in [1.165, 1.54) is 0 Å². The third kappa shape index (κ3) is 4.03. The number of fused-ring (bicyclic) bond motifs is 2. The number of ether oxygens (including phenoxy) is 1. The topological polar surface area (TPSA) is 108 Å². The summed E-state index contributed by atoms with van der Waals surface area (Å²) < 4.78 is 5.60. The molecule has 0 unspecified atom stereocenters. The van der Waals surface area contributed by atoms with Gasteiger partial charge in [0.1, 0.15) is 5.75 Å². The number of hydrogen-bond acceptors (Lipinski definition) is 5. The number of carboxylic acids is 1. The van der Waals surface area contributed by atoms with E-state index < -0.39 is 35.7 Å². The molecule has 27 heavy (non-hydrogen) atoms. The quantitative estimate of drug-likeness (QED) is 0.725. The van der Waals surface area contributed by atoms with Crippen molar-refractivity contribution in [1.82, 2.24) is 10.9 Å². The number of nitrogens with one attached hydrogen (secondary N) is 2. The van der Waals surface area contributed by atoms with Gasteiger partial charge in [0, 0.05) is 16.9 Å². The van der Waals surface area contributed by atoms with E-state index in [-0.39, 0.29) is 11.8 Å². The second-order valence-corrected chi connectivity index (χ2v) is 7.79. The van der Waals surface area contributed by atoms with Crippen LogP contribution in [0.3, 0.4) is 0 Å². The fourth-order valence-electron chi connectivity index (χ4n) is 4.30. The Morgan fingerprint density at radius 2 is 1.85 bits per heavy atom.